The Bertz CT molecular complexity index is 1490. The molecule has 41 heavy (non-hydrogen) atoms. The van der Waals surface area contributed by atoms with E-state index in [1.807, 2.05) is 27.7 Å². The number of halogens is 2. The van der Waals surface area contributed by atoms with Crippen molar-refractivity contribution in [3.05, 3.63) is 87.9 Å². The van der Waals surface area contributed by atoms with E-state index in [2.05, 4.69) is 5.32 Å². The first-order chi connectivity index (χ1) is 19.1. The second-order valence-electron chi connectivity index (χ2n) is 10.7. The molecule has 3 aromatic carbocycles. The lowest BCUT2D eigenvalue weighted by molar-refractivity contribution is -0.140. The highest BCUT2D eigenvalue weighted by molar-refractivity contribution is 7.92. The molecule has 0 aromatic heterocycles. The lowest BCUT2D eigenvalue weighted by atomic mass is 10.1. The third kappa shape index (κ3) is 8.38. The van der Waals surface area contributed by atoms with Gasteiger partial charge < -0.3 is 15.0 Å². The van der Waals surface area contributed by atoms with Gasteiger partial charge in [-0.25, -0.2) is 8.42 Å². The summed E-state index contributed by atoms with van der Waals surface area (Å²) in [4.78, 5) is 28.6. The number of carbonyl (C=O) groups is 2. The van der Waals surface area contributed by atoms with Gasteiger partial charge in [-0.3, -0.25) is 13.9 Å². The molecule has 11 heteroatoms. The number of carbonyl (C=O) groups excluding carboxylic acids is 2. The highest BCUT2D eigenvalue weighted by Gasteiger charge is 2.33. The molecule has 2 amide bonds. The van der Waals surface area contributed by atoms with Crippen LogP contribution >= 0.6 is 23.2 Å². The molecular weight excluding hydrogens is 585 g/mol. The normalized spacial score (nSPS) is 12.4. The van der Waals surface area contributed by atoms with Gasteiger partial charge in [-0.15, -0.1) is 0 Å². The smallest absolute Gasteiger partial charge is 0.264 e. The Morgan fingerprint density at radius 2 is 1.59 bits per heavy atom. The first kappa shape index (κ1) is 32.2. The fourth-order valence-corrected chi connectivity index (χ4v) is 5.89. The summed E-state index contributed by atoms with van der Waals surface area (Å²) < 4.78 is 34.1. The molecule has 1 atom stereocenters. The number of sulfonamides is 1. The zero-order valence-electron chi connectivity index (χ0n) is 23.9. The first-order valence-electron chi connectivity index (χ1n) is 12.9. The summed E-state index contributed by atoms with van der Waals surface area (Å²) in [5.74, 6) is -0.466. The molecule has 0 radical (unpaired) electrons. The highest BCUT2D eigenvalue weighted by atomic mass is 35.5. The van der Waals surface area contributed by atoms with Crippen LogP contribution in [0.25, 0.3) is 0 Å². The van der Waals surface area contributed by atoms with Gasteiger partial charge in [0, 0.05) is 22.1 Å². The second kappa shape index (κ2) is 13.1. The number of methoxy groups -OCH3 is 1. The van der Waals surface area contributed by atoms with Crippen molar-refractivity contribution in [1.82, 2.24) is 10.2 Å². The molecule has 0 bridgehead atoms. The zero-order valence-corrected chi connectivity index (χ0v) is 26.3. The molecule has 3 aromatic rings. The minimum Gasteiger partial charge on any atom is -0.497 e. The second-order valence-corrected chi connectivity index (χ2v) is 13.4. The lowest BCUT2D eigenvalue weighted by Gasteiger charge is -2.33. The Morgan fingerprint density at radius 3 is 2.12 bits per heavy atom. The number of nitrogens with one attached hydrogen (secondary N) is 1. The van der Waals surface area contributed by atoms with Gasteiger partial charge in [0.25, 0.3) is 10.0 Å². The van der Waals surface area contributed by atoms with E-state index in [1.54, 1.807) is 61.5 Å². The van der Waals surface area contributed by atoms with Crippen molar-refractivity contribution < 1.29 is 22.7 Å². The first-order valence-corrected chi connectivity index (χ1v) is 15.1. The number of nitrogens with zero attached hydrogens (tertiary/aromatic N) is 2. The van der Waals surface area contributed by atoms with Crippen molar-refractivity contribution in [3.63, 3.8) is 0 Å². The van der Waals surface area contributed by atoms with Crippen molar-refractivity contribution in [2.75, 3.05) is 18.0 Å². The van der Waals surface area contributed by atoms with E-state index in [1.165, 1.54) is 24.1 Å². The monoisotopic (exact) mass is 619 g/mol. The maximum atomic E-state index is 14.0. The standard InChI is InChI=1S/C30H35Cl2N3O5S/c1-20-7-15-26(16-8-20)41(38,39)35(24-11-13-25(40-6)14-12-24)19-28(36)34(21(2)29(37)33-30(3,4)5)18-22-9-10-23(31)17-27(22)32/h7-17,21H,18-19H2,1-6H3,(H,33,37). The fourth-order valence-electron chi connectivity index (χ4n) is 4.00. The molecule has 0 aliphatic rings. The Labute approximate surface area is 252 Å². The number of anilines is 1. The molecule has 1 unspecified atom stereocenters. The summed E-state index contributed by atoms with van der Waals surface area (Å²) in [6.07, 6.45) is 0. The van der Waals surface area contributed by atoms with Crippen molar-refractivity contribution >= 4 is 50.7 Å². The van der Waals surface area contributed by atoms with Crippen molar-refractivity contribution in [3.8, 4) is 5.75 Å². The van der Waals surface area contributed by atoms with Gasteiger partial charge in [0.05, 0.1) is 17.7 Å². The number of aryl methyl sites for hydroxylation is 1. The molecule has 0 saturated heterocycles. The molecule has 0 aliphatic carbocycles. The van der Waals surface area contributed by atoms with Gasteiger partial charge in [-0.1, -0.05) is 47.0 Å². The Kier molecular flexibility index (Phi) is 10.3. The van der Waals surface area contributed by atoms with Gasteiger partial charge in [0.2, 0.25) is 11.8 Å². The van der Waals surface area contributed by atoms with E-state index in [0.29, 0.717) is 21.4 Å². The largest absolute Gasteiger partial charge is 0.497 e. The van der Waals surface area contributed by atoms with Crippen LogP contribution in [-0.2, 0) is 26.2 Å². The molecule has 0 aliphatic heterocycles. The van der Waals surface area contributed by atoms with Crippen LogP contribution in [0.4, 0.5) is 5.69 Å². The molecule has 3 rings (SSSR count). The van der Waals surface area contributed by atoms with Gasteiger partial charge >= 0.3 is 0 Å². The maximum absolute atomic E-state index is 14.0. The molecule has 8 nitrogen and oxygen atoms in total. The molecule has 220 valence electrons. The van der Waals surface area contributed by atoms with Crippen LogP contribution in [0, 0.1) is 6.92 Å². The number of amides is 2. The Morgan fingerprint density at radius 1 is 0.976 bits per heavy atom. The van der Waals surface area contributed by atoms with Crippen LogP contribution in [0.1, 0.15) is 38.8 Å². The van der Waals surface area contributed by atoms with E-state index >= 15 is 0 Å². The summed E-state index contributed by atoms with van der Waals surface area (Å²) in [6.45, 7) is 8.33. The number of hydrogen-bond acceptors (Lipinski definition) is 5. The van der Waals surface area contributed by atoms with Crippen LogP contribution in [0.15, 0.2) is 71.6 Å². The lowest BCUT2D eigenvalue weighted by Crippen LogP contribution is -2.54. The predicted molar refractivity (Wildman–Crippen MR) is 163 cm³/mol. The Balaban J connectivity index is 2.06. The summed E-state index contributed by atoms with van der Waals surface area (Å²) in [5.41, 5.74) is 1.15. The zero-order chi connectivity index (χ0) is 30.5. The van der Waals surface area contributed by atoms with E-state index in [9.17, 15) is 18.0 Å². The minimum absolute atomic E-state index is 0.0255. The number of benzene rings is 3. The predicted octanol–water partition coefficient (Wildman–Crippen LogP) is 5.84. The average molecular weight is 621 g/mol. The number of hydrogen-bond donors (Lipinski definition) is 1. The molecule has 1 N–H and O–H groups in total. The fraction of sp³-hybridized carbons (Fsp3) is 0.333. The van der Waals surface area contributed by atoms with Crippen molar-refractivity contribution in [2.24, 2.45) is 0 Å². The van der Waals surface area contributed by atoms with Crippen LogP contribution in [0.2, 0.25) is 10.0 Å². The minimum atomic E-state index is -4.18. The van der Waals surface area contributed by atoms with Gasteiger partial charge in [-0.2, -0.15) is 0 Å². The van der Waals surface area contributed by atoms with Crippen molar-refractivity contribution in [1.29, 1.82) is 0 Å². The topological polar surface area (TPSA) is 96.0 Å². The van der Waals surface area contributed by atoms with E-state index in [-0.39, 0.29) is 17.1 Å². The molecular formula is C30H35Cl2N3O5S. The van der Waals surface area contributed by atoms with Crippen LogP contribution in [0.3, 0.4) is 0 Å². The van der Waals surface area contributed by atoms with Gasteiger partial charge in [-0.05, 0) is 88.7 Å². The average Bonchev–Trinajstić information content (AvgIpc) is 2.90. The quantitative estimate of drug-likeness (QED) is 0.308. The van der Waals surface area contributed by atoms with E-state index < -0.39 is 40.0 Å². The Hall–Kier alpha value is -3.27. The molecule has 0 spiro atoms. The molecule has 0 saturated carbocycles. The summed E-state index contributed by atoms with van der Waals surface area (Å²) >= 11 is 12.5. The summed E-state index contributed by atoms with van der Waals surface area (Å²) in [5, 5.41) is 3.63. The van der Waals surface area contributed by atoms with Gasteiger partial charge in [0.15, 0.2) is 0 Å². The SMILES string of the molecule is COc1ccc(N(CC(=O)N(Cc2ccc(Cl)cc2Cl)C(C)C(=O)NC(C)(C)C)S(=O)(=O)c2ccc(C)cc2)cc1. The third-order valence-corrected chi connectivity index (χ3v) is 8.64. The van der Waals surface area contributed by atoms with Crippen molar-refractivity contribution in [2.45, 2.75) is 57.6 Å². The van der Waals surface area contributed by atoms with Crippen LogP contribution in [0.5, 0.6) is 5.75 Å². The third-order valence-electron chi connectivity index (χ3n) is 6.27. The van der Waals surface area contributed by atoms with Crippen LogP contribution < -0.4 is 14.4 Å². The van der Waals surface area contributed by atoms with E-state index in [4.69, 9.17) is 27.9 Å². The van der Waals surface area contributed by atoms with E-state index in [0.717, 1.165) is 9.87 Å². The maximum Gasteiger partial charge on any atom is 0.264 e. The van der Waals surface area contributed by atoms with Crippen LogP contribution in [-0.4, -0.2) is 50.4 Å². The summed E-state index contributed by atoms with van der Waals surface area (Å²) in [7, 11) is -2.68. The van der Waals surface area contributed by atoms with Gasteiger partial charge in [0.1, 0.15) is 18.3 Å². The summed E-state index contributed by atoms with van der Waals surface area (Å²) in [6, 6.07) is 16.6. The molecule has 0 heterocycles. The molecule has 0 fully saturated rings. The highest BCUT2D eigenvalue weighted by Crippen LogP contribution is 2.28. The number of ether oxygens (including phenoxy) is 1. The number of rotatable bonds is 10.